The van der Waals surface area contributed by atoms with E-state index < -0.39 is 0 Å². The van der Waals surface area contributed by atoms with Gasteiger partial charge in [-0.25, -0.2) is 4.39 Å². The lowest BCUT2D eigenvalue weighted by Gasteiger charge is -2.10. The average molecular weight is 296 g/mol. The van der Waals surface area contributed by atoms with E-state index in [-0.39, 0.29) is 12.4 Å². The van der Waals surface area contributed by atoms with E-state index in [1.54, 1.807) is 24.3 Å². The Balaban J connectivity index is 2.29. The van der Waals surface area contributed by atoms with Crippen LogP contribution in [0.5, 0.6) is 11.5 Å². The molecule has 0 spiro atoms. The van der Waals surface area contributed by atoms with Crippen molar-refractivity contribution in [2.75, 3.05) is 0 Å². The van der Waals surface area contributed by atoms with Crippen LogP contribution < -0.4 is 10.5 Å². The molecular weight excluding hydrogens is 285 g/mol. The van der Waals surface area contributed by atoms with Crippen molar-refractivity contribution >= 4 is 15.9 Å². The third kappa shape index (κ3) is 2.84. The van der Waals surface area contributed by atoms with Crippen LogP contribution in [0, 0.1) is 5.82 Å². The molecule has 88 valence electrons. The number of rotatable bonds is 3. The van der Waals surface area contributed by atoms with Gasteiger partial charge in [0.2, 0.25) is 0 Å². The molecule has 2 rings (SSSR count). The predicted molar refractivity (Wildman–Crippen MR) is 68.5 cm³/mol. The van der Waals surface area contributed by atoms with Crippen LogP contribution in [0.1, 0.15) is 5.56 Å². The maximum Gasteiger partial charge on any atom is 0.134 e. The summed E-state index contributed by atoms with van der Waals surface area (Å²) in [6.07, 6.45) is 0. The van der Waals surface area contributed by atoms with Gasteiger partial charge in [-0.3, -0.25) is 0 Å². The van der Waals surface area contributed by atoms with Crippen LogP contribution in [0.15, 0.2) is 46.9 Å². The van der Waals surface area contributed by atoms with E-state index in [1.165, 1.54) is 6.07 Å². The first-order valence-corrected chi connectivity index (χ1v) is 5.91. The Hall–Kier alpha value is -1.39. The van der Waals surface area contributed by atoms with Gasteiger partial charge in [0, 0.05) is 16.6 Å². The van der Waals surface area contributed by atoms with E-state index >= 15 is 0 Å². The average Bonchev–Trinajstić information content (AvgIpc) is 2.32. The molecule has 0 saturated heterocycles. The van der Waals surface area contributed by atoms with Crippen LogP contribution in [0.2, 0.25) is 0 Å². The zero-order chi connectivity index (χ0) is 12.3. The highest BCUT2D eigenvalue weighted by Gasteiger charge is 2.08. The Bertz CT molecular complexity index is 513. The first-order chi connectivity index (χ1) is 8.20. The fourth-order valence-electron chi connectivity index (χ4n) is 1.46. The molecule has 2 N–H and O–H groups in total. The molecule has 0 unspecified atom stereocenters. The summed E-state index contributed by atoms with van der Waals surface area (Å²) in [7, 11) is 0. The summed E-state index contributed by atoms with van der Waals surface area (Å²) in [5.74, 6) is 0.755. The van der Waals surface area contributed by atoms with Gasteiger partial charge in [0.1, 0.15) is 17.3 Å². The summed E-state index contributed by atoms with van der Waals surface area (Å²) >= 11 is 3.34. The highest BCUT2D eigenvalue weighted by atomic mass is 79.9. The molecule has 2 aromatic rings. The first kappa shape index (κ1) is 12.1. The number of hydrogen-bond acceptors (Lipinski definition) is 2. The van der Waals surface area contributed by atoms with E-state index in [4.69, 9.17) is 10.5 Å². The summed E-state index contributed by atoms with van der Waals surface area (Å²) in [5, 5.41) is 0. The molecule has 0 saturated carbocycles. The van der Waals surface area contributed by atoms with Crippen molar-refractivity contribution in [3.63, 3.8) is 0 Å². The van der Waals surface area contributed by atoms with E-state index in [0.29, 0.717) is 17.1 Å². The van der Waals surface area contributed by atoms with E-state index in [0.717, 1.165) is 4.47 Å². The van der Waals surface area contributed by atoms with Gasteiger partial charge in [-0.05, 0) is 36.4 Å². The number of hydrogen-bond donors (Lipinski definition) is 1. The van der Waals surface area contributed by atoms with Gasteiger partial charge in [-0.2, -0.15) is 0 Å². The minimum atomic E-state index is -0.345. The predicted octanol–water partition coefficient (Wildman–Crippen LogP) is 3.84. The molecule has 0 aliphatic rings. The Morgan fingerprint density at radius 1 is 1.12 bits per heavy atom. The quantitative estimate of drug-likeness (QED) is 0.934. The Morgan fingerprint density at radius 3 is 2.47 bits per heavy atom. The van der Waals surface area contributed by atoms with Gasteiger partial charge in [0.05, 0.1) is 0 Å². The molecule has 0 fully saturated rings. The maximum atomic E-state index is 13.4. The molecule has 17 heavy (non-hydrogen) atoms. The summed E-state index contributed by atoms with van der Waals surface area (Å²) in [6, 6.07) is 12.0. The molecule has 0 heterocycles. The van der Waals surface area contributed by atoms with Crippen LogP contribution in [-0.2, 0) is 6.54 Å². The van der Waals surface area contributed by atoms with Gasteiger partial charge in [-0.15, -0.1) is 0 Å². The summed E-state index contributed by atoms with van der Waals surface area (Å²) in [6.45, 7) is 0.110. The van der Waals surface area contributed by atoms with E-state index in [1.807, 2.05) is 12.1 Å². The van der Waals surface area contributed by atoms with Gasteiger partial charge >= 0.3 is 0 Å². The monoisotopic (exact) mass is 295 g/mol. The zero-order valence-corrected chi connectivity index (χ0v) is 10.6. The molecule has 0 aliphatic heterocycles. The zero-order valence-electron chi connectivity index (χ0n) is 8.99. The summed E-state index contributed by atoms with van der Waals surface area (Å²) in [4.78, 5) is 0. The lowest BCUT2D eigenvalue weighted by atomic mass is 10.2. The van der Waals surface area contributed by atoms with Gasteiger partial charge in [0.15, 0.2) is 0 Å². The van der Waals surface area contributed by atoms with Crippen molar-refractivity contribution in [1.29, 1.82) is 0 Å². The second kappa shape index (κ2) is 5.29. The molecule has 0 amide bonds. The molecule has 4 heteroatoms. The van der Waals surface area contributed by atoms with E-state index in [9.17, 15) is 4.39 Å². The van der Waals surface area contributed by atoms with Crippen molar-refractivity contribution in [2.24, 2.45) is 5.73 Å². The molecular formula is C13H11BrFNO. The molecule has 2 nitrogen and oxygen atoms in total. The van der Waals surface area contributed by atoms with Crippen molar-refractivity contribution in [3.8, 4) is 11.5 Å². The van der Waals surface area contributed by atoms with Gasteiger partial charge in [-0.1, -0.05) is 22.0 Å². The molecule has 0 atom stereocenters. The normalized spacial score (nSPS) is 10.3. The SMILES string of the molecule is NCc1c(F)cccc1Oc1ccc(Br)cc1. The Labute approximate surface area is 107 Å². The fraction of sp³-hybridized carbons (Fsp3) is 0.0769. The third-order valence-corrected chi connectivity index (χ3v) is 2.85. The van der Waals surface area contributed by atoms with Crippen LogP contribution in [0.25, 0.3) is 0 Å². The molecule has 0 bridgehead atoms. The highest BCUT2D eigenvalue weighted by molar-refractivity contribution is 9.10. The van der Waals surface area contributed by atoms with Crippen LogP contribution in [-0.4, -0.2) is 0 Å². The topological polar surface area (TPSA) is 35.2 Å². The minimum Gasteiger partial charge on any atom is -0.457 e. The minimum absolute atomic E-state index is 0.110. The molecule has 0 radical (unpaired) electrons. The molecule has 0 aromatic heterocycles. The smallest absolute Gasteiger partial charge is 0.134 e. The van der Waals surface area contributed by atoms with Crippen molar-refractivity contribution < 1.29 is 9.13 Å². The lowest BCUT2D eigenvalue weighted by Crippen LogP contribution is -2.02. The number of benzene rings is 2. The highest BCUT2D eigenvalue weighted by Crippen LogP contribution is 2.27. The summed E-state index contributed by atoms with van der Waals surface area (Å²) < 4.78 is 20.0. The van der Waals surface area contributed by atoms with Crippen LogP contribution in [0.3, 0.4) is 0 Å². The molecule has 0 aliphatic carbocycles. The number of halogens is 2. The van der Waals surface area contributed by atoms with Crippen molar-refractivity contribution in [1.82, 2.24) is 0 Å². The number of nitrogens with two attached hydrogens (primary N) is 1. The van der Waals surface area contributed by atoms with Crippen molar-refractivity contribution in [2.45, 2.75) is 6.54 Å². The second-order valence-corrected chi connectivity index (χ2v) is 4.39. The van der Waals surface area contributed by atoms with Gasteiger partial charge < -0.3 is 10.5 Å². The lowest BCUT2D eigenvalue weighted by molar-refractivity contribution is 0.467. The Morgan fingerprint density at radius 2 is 1.82 bits per heavy atom. The maximum absolute atomic E-state index is 13.4. The standard InChI is InChI=1S/C13H11BrFNO/c14-9-4-6-10(7-5-9)17-13-3-1-2-12(15)11(13)8-16/h1-7H,8,16H2. The van der Waals surface area contributed by atoms with Crippen LogP contribution in [0.4, 0.5) is 4.39 Å². The van der Waals surface area contributed by atoms with Gasteiger partial charge in [0.25, 0.3) is 0 Å². The number of ether oxygens (including phenoxy) is 1. The van der Waals surface area contributed by atoms with Crippen molar-refractivity contribution in [3.05, 3.63) is 58.3 Å². The third-order valence-electron chi connectivity index (χ3n) is 2.32. The molecule has 2 aromatic carbocycles. The first-order valence-electron chi connectivity index (χ1n) is 5.11. The van der Waals surface area contributed by atoms with Crippen LogP contribution >= 0.6 is 15.9 Å². The Kier molecular flexibility index (Phi) is 3.76. The second-order valence-electron chi connectivity index (χ2n) is 3.48. The van der Waals surface area contributed by atoms with E-state index in [2.05, 4.69) is 15.9 Å². The fourth-order valence-corrected chi connectivity index (χ4v) is 1.73. The summed E-state index contributed by atoms with van der Waals surface area (Å²) in [5.41, 5.74) is 5.89. The largest absolute Gasteiger partial charge is 0.457 e.